The molecule has 0 saturated carbocycles. The maximum absolute atomic E-state index is 4.34. The predicted octanol–water partition coefficient (Wildman–Crippen LogP) is 2.79. The maximum Gasteiger partial charge on any atom is 0.181 e. The Morgan fingerprint density at radius 3 is 2.75 bits per heavy atom. The molecule has 5 nitrogen and oxygen atoms in total. The first-order valence-electron chi connectivity index (χ1n) is 6.43. The number of aryl methyl sites for hydroxylation is 1. The van der Waals surface area contributed by atoms with Crippen LogP contribution in [0.3, 0.4) is 0 Å². The predicted molar refractivity (Wildman–Crippen MR) is 78.1 cm³/mol. The van der Waals surface area contributed by atoms with Crippen molar-refractivity contribution in [3.05, 3.63) is 60.2 Å². The molecule has 0 saturated heterocycles. The fourth-order valence-electron chi connectivity index (χ4n) is 1.94. The van der Waals surface area contributed by atoms with Gasteiger partial charge < -0.3 is 5.32 Å². The molecule has 0 radical (unpaired) electrons. The molecule has 2 heterocycles. The number of aromatic nitrogens is 4. The second-order valence-electron chi connectivity index (χ2n) is 4.53. The van der Waals surface area contributed by atoms with Gasteiger partial charge in [0.25, 0.3) is 0 Å². The second-order valence-corrected chi connectivity index (χ2v) is 4.53. The molecule has 0 spiro atoms. The molecular formula is C15H15N5. The molecule has 5 heteroatoms. The number of hydrogen-bond donors (Lipinski definition) is 2. The van der Waals surface area contributed by atoms with E-state index in [0.29, 0.717) is 0 Å². The zero-order valence-electron chi connectivity index (χ0n) is 11.2. The van der Waals surface area contributed by atoms with E-state index in [1.165, 1.54) is 5.56 Å². The number of H-pyrrole nitrogens is 1. The van der Waals surface area contributed by atoms with E-state index in [2.05, 4.69) is 25.5 Å². The average molecular weight is 265 g/mol. The molecule has 0 fully saturated rings. The Hall–Kier alpha value is -2.69. The number of rotatable bonds is 4. The van der Waals surface area contributed by atoms with E-state index in [0.717, 1.165) is 29.4 Å². The lowest BCUT2D eigenvalue weighted by Gasteiger charge is -2.07. The molecule has 0 unspecified atom stereocenters. The van der Waals surface area contributed by atoms with Crippen LogP contribution in [0, 0.1) is 6.92 Å². The summed E-state index contributed by atoms with van der Waals surface area (Å²) in [5.74, 6) is 1.53. The zero-order chi connectivity index (χ0) is 13.8. The van der Waals surface area contributed by atoms with Crippen LogP contribution in [0.25, 0.3) is 11.4 Å². The maximum atomic E-state index is 4.34. The SMILES string of the molecule is Cc1nc(-c2cccc(NCc3ccncc3)c2)n[nH]1. The Morgan fingerprint density at radius 1 is 1.15 bits per heavy atom. The Bertz CT molecular complexity index is 690. The number of nitrogens with zero attached hydrogens (tertiary/aromatic N) is 3. The molecule has 3 rings (SSSR count). The highest BCUT2D eigenvalue weighted by atomic mass is 15.2. The molecule has 20 heavy (non-hydrogen) atoms. The molecule has 1 aromatic carbocycles. The van der Waals surface area contributed by atoms with Crippen molar-refractivity contribution in [2.45, 2.75) is 13.5 Å². The highest BCUT2D eigenvalue weighted by molar-refractivity contribution is 5.62. The van der Waals surface area contributed by atoms with Gasteiger partial charge in [0.1, 0.15) is 5.82 Å². The molecule has 100 valence electrons. The van der Waals surface area contributed by atoms with Gasteiger partial charge in [0, 0.05) is 30.2 Å². The standard InChI is InChI=1S/C15H15N5/c1-11-18-15(20-19-11)13-3-2-4-14(9-13)17-10-12-5-7-16-8-6-12/h2-9,17H,10H2,1H3,(H,18,19,20). The van der Waals surface area contributed by atoms with Crippen molar-refractivity contribution in [2.75, 3.05) is 5.32 Å². The van der Waals surface area contributed by atoms with Crippen LogP contribution in [0.4, 0.5) is 5.69 Å². The number of aromatic amines is 1. The summed E-state index contributed by atoms with van der Waals surface area (Å²) in [6, 6.07) is 12.1. The fraction of sp³-hybridized carbons (Fsp3) is 0.133. The van der Waals surface area contributed by atoms with Gasteiger partial charge in [-0.2, -0.15) is 5.10 Å². The van der Waals surface area contributed by atoms with E-state index in [4.69, 9.17) is 0 Å². The summed E-state index contributed by atoms with van der Waals surface area (Å²) < 4.78 is 0. The van der Waals surface area contributed by atoms with Crippen LogP contribution >= 0.6 is 0 Å². The van der Waals surface area contributed by atoms with E-state index in [-0.39, 0.29) is 0 Å². The minimum atomic E-state index is 0.718. The van der Waals surface area contributed by atoms with Crippen LogP contribution in [-0.4, -0.2) is 20.2 Å². The lowest BCUT2D eigenvalue weighted by atomic mass is 10.2. The quantitative estimate of drug-likeness (QED) is 0.761. The molecule has 0 atom stereocenters. The number of nitrogens with one attached hydrogen (secondary N) is 2. The Labute approximate surface area is 117 Å². The number of anilines is 1. The molecule has 2 aromatic heterocycles. The minimum Gasteiger partial charge on any atom is -0.381 e. The highest BCUT2D eigenvalue weighted by Gasteiger charge is 2.04. The van der Waals surface area contributed by atoms with Gasteiger partial charge in [0.2, 0.25) is 0 Å². The van der Waals surface area contributed by atoms with Crippen molar-refractivity contribution < 1.29 is 0 Å². The molecular weight excluding hydrogens is 250 g/mol. The first-order valence-corrected chi connectivity index (χ1v) is 6.43. The lowest BCUT2D eigenvalue weighted by Crippen LogP contribution is -1.99. The van der Waals surface area contributed by atoms with Gasteiger partial charge in [0.05, 0.1) is 0 Å². The van der Waals surface area contributed by atoms with E-state index in [1.54, 1.807) is 12.4 Å². The van der Waals surface area contributed by atoms with Crippen LogP contribution in [0.5, 0.6) is 0 Å². The van der Waals surface area contributed by atoms with Gasteiger partial charge in [-0.05, 0) is 36.8 Å². The minimum absolute atomic E-state index is 0.718. The van der Waals surface area contributed by atoms with E-state index < -0.39 is 0 Å². The summed E-state index contributed by atoms with van der Waals surface area (Å²) in [5.41, 5.74) is 3.23. The van der Waals surface area contributed by atoms with Gasteiger partial charge in [0.15, 0.2) is 5.82 Å². The summed E-state index contributed by atoms with van der Waals surface area (Å²) in [6.45, 7) is 2.65. The molecule has 3 aromatic rings. The largest absolute Gasteiger partial charge is 0.381 e. The Kier molecular flexibility index (Phi) is 3.41. The second kappa shape index (κ2) is 5.52. The van der Waals surface area contributed by atoms with Gasteiger partial charge >= 0.3 is 0 Å². The third kappa shape index (κ3) is 2.83. The van der Waals surface area contributed by atoms with Crippen LogP contribution in [-0.2, 0) is 6.54 Å². The molecule has 2 N–H and O–H groups in total. The Morgan fingerprint density at radius 2 is 2.00 bits per heavy atom. The summed E-state index contributed by atoms with van der Waals surface area (Å²) in [5, 5.41) is 10.4. The normalized spacial score (nSPS) is 10.4. The van der Waals surface area contributed by atoms with Gasteiger partial charge in [-0.3, -0.25) is 10.1 Å². The third-order valence-corrected chi connectivity index (χ3v) is 2.96. The van der Waals surface area contributed by atoms with Gasteiger partial charge in [-0.25, -0.2) is 4.98 Å². The summed E-state index contributed by atoms with van der Waals surface area (Å²) in [4.78, 5) is 8.35. The summed E-state index contributed by atoms with van der Waals surface area (Å²) in [6.07, 6.45) is 3.59. The van der Waals surface area contributed by atoms with Gasteiger partial charge in [-0.15, -0.1) is 0 Å². The first kappa shape index (κ1) is 12.3. The Balaban J connectivity index is 1.75. The molecule has 0 aliphatic rings. The average Bonchev–Trinajstić information content (AvgIpc) is 2.93. The monoisotopic (exact) mass is 265 g/mol. The lowest BCUT2D eigenvalue weighted by molar-refractivity contribution is 1.04. The van der Waals surface area contributed by atoms with Crippen LogP contribution in [0.2, 0.25) is 0 Å². The molecule has 0 aliphatic carbocycles. The van der Waals surface area contributed by atoms with E-state index in [1.807, 2.05) is 43.3 Å². The van der Waals surface area contributed by atoms with E-state index >= 15 is 0 Å². The van der Waals surface area contributed by atoms with Crippen LogP contribution in [0.1, 0.15) is 11.4 Å². The first-order chi connectivity index (χ1) is 9.81. The van der Waals surface area contributed by atoms with Crippen LogP contribution in [0.15, 0.2) is 48.8 Å². The molecule has 0 amide bonds. The summed E-state index contributed by atoms with van der Waals surface area (Å²) >= 11 is 0. The third-order valence-electron chi connectivity index (χ3n) is 2.96. The summed E-state index contributed by atoms with van der Waals surface area (Å²) in [7, 11) is 0. The van der Waals surface area contributed by atoms with Crippen molar-refractivity contribution in [2.24, 2.45) is 0 Å². The number of benzene rings is 1. The topological polar surface area (TPSA) is 66.5 Å². The van der Waals surface area contributed by atoms with E-state index in [9.17, 15) is 0 Å². The molecule has 0 bridgehead atoms. The van der Waals surface area contributed by atoms with Crippen LogP contribution < -0.4 is 5.32 Å². The number of pyridine rings is 1. The van der Waals surface area contributed by atoms with Crippen molar-refractivity contribution in [1.29, 1.82) is 0 Å². The van der Waals surface area contributed by atoms with Gasteiger partial charge in [-0.1, -0.05) is 12.1 Å². The fourth-order valence-corrected chi connectivity index (χ4v) is 1.94. The zero-order valence-corrected chi connectivity index (χ0v) is 11.2. The highest BCUT2D eigenvalue weighted by Crippen LogP contribution is 2.19. The van der Waals surface area contributed by atoms with Crippen molar-refractivity contribution in [1.82, 2.24) is 20.2 Å². The smallest absolute Gasteiger partial charge is 0.181 e. The van der Waals surface area contributed by atoms with Crippen molar-refractivity contribution in [3.8, 4) is 11.4 Å². The van der Waals surface area contributed by atoms with Crippen molar-refractivity contribution >= 4 is 5.69 Å². The number of hydrogen-bond acceptors (Lipinski definition) is 4. The van der Waals surface area contributed by atoms with Crippen molar-refractivity contribution in [3.63, 3.8) is 0 Å². The molecule has 0 aliphatic heterocycles.